The van der Waals surface area contributed by atoms with Gasteiger partial charge in [0.05, 0.1) is 0 Å². The van der Waals surface area contributed by atoms with Crippen molar-refractivity contribution in [3.63, 3.8) is 0 Å². The fourth-order valence-electron chi connectivity index (χ4n) is 0.743. The van der Waals surface area contributed by atoms with Crippen LogP contribution in [0.15, 0.2) is 12.7 Å². The summed E-state index contributed by atoms with van der Waals surface area (Å²) in [6.45, 7) is 6.65. The molecule has 1 unspecified atom stereocenters. The molecular weight excluding hydrogens is 186 g/mol. The van der Waals surface area contributed by atoms with Gasteiger partial charge in [-0.3, -0.25) is 4.79 Å². The van der Waals surface area contributed by atoms with Crippen molar-refractivity contribution in [1.29, 1.82) is 0 Å². The third kappa shape index (κ3) is 4.61. The quantitative estimate of drug-likeness (QED) is 0.600. The number of carbonyl (C=O) groups excluding carboxylic acids is 1. The Morgan fingerprint density at radius 2 is 2.07 bits per heavy atom. The summed E-state index contributed by atoms with van der Waals surface area (Å²) < 4.78 is 4.92. The van der Waals surface area contributed by atoms with Crippen LogP contribution < -0.4 is 5.32 Å². The topological polar surface area (TPSA) is 75.6 Å². The second-order valence-corrected chi connectivity index (χ2v) is 2.79. The SMILES string of the molecule is C=CCNC(=O)C(C)O[C@@H](C)C(=O)O. The average Bonchev–Trinajstić information content (AvgIpc) is 2.13. The molecule has 0 bridgehead atoms. The standard InChI is InChI=1S/C9H15NO4/c1-4-5-10-8(11)6(2)14-7(3)9(12)13/h4,6-7H,1,5H2,2-3H3,(H,10,11)(H,12,13)/t6?,7-/m0/s1. The predicted molar refractivity (Wildman–Crippen MR) is 50.9 cm³/mol. The number of hydrogen-bond donors (Lipinski definition) is 2. The van der Waals surface area contributed by atoms with E-state index in [1.165, 1.54) is 19.9 Å². The highest BCUT2D eigenvalue weighted by Gasteiger charge is 2.19. The van der Waals surface area contributed by atoms with Gasteiger partial charge in [0, 0.05) is 6.54 Å². The number of hydrogen-bond acceptors (Lipinski definition) is 3. The van der Waals surface area contributed by atoms with Gasteiger partial charge in [-0.1, -0.05) is 6.08 Å². The monoisotopic (exact) mass is 201 g/mol. The molecule has 0 heterocycles. The first-order valence-electron chi connectivity index (χ1n) is 4.26. The summed E-state index contributed by atoms with van der Waals surface area (Å²) in [5.74, 6) is -1.44. The summed E-state index contributed by atoms with van der Waals surface area (Å²) in [6.07, 6.45) is -0.230. The Morgan fingerprint density at radius 3 is 2.50 bits per heavy atom. The van der Waals surface area contributed by atoms with Crippen LogP contribution >= 0.6 is 0 Å². The summed E-state index contributed by atoms with van der Waals surface area (Å²) in [5.41, 5.74) is 0. The fraction of sp³-hybridized carbons (Fsp3) is 0.556. The first-order valence-corrected chi connectivity index (χ1v) is 4.26. The zero-order valence-electron chi connectivity index (χ0n) is 8.32. The lowest BCUT2D eigenvalue weighted by atomic mass is 10.3. The van der Waals surface area contributed by atoms with Crippen molar-refractivity contribution in [3.8, 4) is 0 Å². The van der Waals surface area contributed by atoms with E-state index in [0.717, 1.165) is 0 Å². The summed E-state index contributed by atoms with van der Waals surface area (Å²) in [7, 11) is 0. The van der Waals surface area contributed by atoms with Crippen LogP contribution in [0.1, 0.15) is 13.8 Å². The number of ether oxygens (including phenoxy) is 1. The molecule has 80 valence electrons. The third-order valence-electron chi connectivity index (χ3n) is 1.55. The first-order chi connectivity index (χ1) is 6.49. The van der Waals surface area contributed by atoms with E-state index in [1.54, 1.807) is 0 Å². The Hall–Kier alpha value is -1.36. The van der Waals surface area contributed by atoms with Crippen molar-refractivity contribution in [3.05, 3.63) is 12.7 Å². The molecule has 0 spiro atoms. The molecule has 2 atom stereocenters. The zero-order chi connectivity index (χ0) is 11.1. The Bertz CT molecular complexity index is 227. The van der Waals surface area contributed by atoms with Gasteiger partial charge in [0.25, 0.3) is 0 Å². The van der Waals surface area contributed by atoms with Crippen LogP contribution in [0.4, 0.5) is 0 Å². The van der Waals surface area contributed by atoms with Crippen LogP contribution in [0.3, 0.4) is 0 Å². The van der Waals surface area contributed by atoms with Crippen LogP contribution in [-0.2, 0) is 14.3 Å². The summed E-state index contributed by atoms with van der Waals surface area (Å²) in [4.78, 5) is 21.6. The molecule has 0 saturated heterocycles. The molecule has 14 heavy (non-hydrogen) atoms. The molecule has 5 heteroatoms. The van der Waals surface area contributed by atoms with Crippen molar-refractivity contribution >= 4 is 11.9 Å². The van der Waals surface area contributed by atoms with Crippen molar-refractivity contribution < 1.29 is 19.4 Å². The number of aliphatic carboxylic acids is 1. The molecule has 1 amide bonds. The third-order valence-corrected chi connectivity index (χ3v) is 1.55. The maximum absolute atomic E-state index is 11.2. The van der Waals surface area contributed by atoms with Gasteiger partial charge in [-0.25, -0.2) is 4.79 Å². The van der Waals surface area contributed by atoms with Gasteiger partial charge in [-0.2, -0.15) is 0 Å². The Morgan fingerprint density at radius 1 is 1.50 bits per heavy atom. The first kappa shape index (κ1) is 12.6. The molecule has 2 N–H and O–H groups in total. The van der Waals surface area contributed by atoms with Crippen LogP contribution in [-0.4, -0.2) is 35.7 Å². The van der Waals surface area contributed by atoms with Gasteiger partial charge in [-0.15, -0.1) is 6.58 Å². The molecule has 0 aromatic rings. The molecule has 0 aliphatic carbocycles. The number of rotatable bonds is 6. The van der Waals surface area contributed by atoms with Gasteiger partial charge >= 0.3 is 5.97 Å². The Kier molecular flexibility index (Phi) is 5.55. The number of carboxylic acid groups (broad SMARTS) is 1. The number of carbonyl (C=O) groups is 2. The molecule has 0 aliphatic heterocycles. The lowest BCUT2D eigenvalue weighted by Gasteiger charge is -2.15. The normalized spacial score (nSPS) is 14.1. The molecule has 5 nitrogen and oxygen atoms in total. The van der Waals surface area contributed by atoms with Gasteiger partial charge < -0.3 is 15.2 Å². The smallest absolute Gasteiger partial charge is 0.332 e. The number of amides is 1. The van der Waals surface area contributed by atoms with E-state index in [1.807, 2.05) is 0 Å². The van der Waals surface area contributed by atoms with E-state index in [2.05, 4.69) is 11.9 Å². The highest BCUT2D eigenvalue weighted by atomic mass is 16.5. The average molecular weight is 201 g/mol. The Balaban J connectivity index is 3.94. The van der Waals surface area contributed by atoms with E-state index in [-0.39, 0.29) is 5.91 Å². The van der Waals surface area contributed by atoms with Crippen molar-refractivity contribution in [2.45, 2.75) is 26.1 Å². The maximum Gasteiger partial charge on any atom is 0.332 e. The molecule has 0 aromatic heterocycles. The van der Waals surface area contributed by atoms with Gasteiger partial charge in [0.2, 0.25) is 5.91 Å². The van der Waals surface area contributed by atoms with Crippen LogP contribution in [0.5, 0.6) is 0 Å². The fourth-order valence-corrected chi connectivity index (χ4v) is 0.743. The van der Waals surface area contributed by atoms with E-state index in [9.17, 15) is 9.59 Å². The van der Waals surface area contributed by atoms with Crippen molar-refractivity contribution in [2.75, 3.05) is 6.54 Å². The molecule has 0 aliphatic rings. The number of carboxylic acids is 1. The van der Waals surface area contributed by atoms with Crippen molar-refractivity contribution in [1.82, 2.24) is 5.32 Å². The number of nitrogens with one attached hydrogen (secondary N) is 1. The highest BCUT2D eigenvalue weighted by Crippen LogP contribution is 1.98. The van der Waals surface area contributed by atoms with Gasteiger partial charge in [0.15, 0.2) is 6.10 Å². The van der Waals surface area contributed by atoms with E-state index in [0.29, 0.717) is 6.54 Å². The van der Waals surface area contributed by atoms with Gasteiger partial charge in [0.1, 0.15) is 6.10 Å². The second-order valence-electron chi connectivity index (χ2n) is 2.79. The molecule has 0 saturated carbocycles. The van der Waals surface area contributed by atoms with E-state index >= 15 is 0 Å². The molecule has 0 rings (SSSR count). The minimum atomic E-state index is -1.09. The maximum atomic E-state index is 11.2. The minimum Gasteiger partial charge on any atom is -0.479 e. The van der Waals surface area contributed by atoms with Crippen LogP contribution in [0.2, 0.25) is 0 Å². The second kappa shape index (κ2) is 6.15. The molecular formula is C9H15NO4. The summed E-state index contributed by atoms with van der Waals surface area (Å²) in [6, 6.07) is 0. The molecule has 0 aromatic carbocycles. The van der Waals surface area contributed by atoms with Gasteiger partial charge in [-0.05, 0) is 13.8 Å². The molecule has 0 radical (unpaired) electrons. The highest BCUT2D eigenvalue weighted by molar-refractivity contribution is 5.81. The zero-order valence-corrected chi connectivity index (χ0v) is 8.32. The lowest BCUT2D eigenvalue weighted by molar-refractivity contribution is -0.155. The predicted octanol–water partition coefficient (Wildman–Crippen LogP) is 0.167. The summed E-state index contributed by atoms with van der Waals surface area (Å²) >= 11 is 0. The van der Waals surface area contributed by atoms with Crippen LogP contribution in [0, 0.1) is 0 Å². The lowest BCUT2D eigenvalue weighted by Crippen LogP contribution is -2.38. The largest absolute Gasteiger partial charge is 0.479 e. The van der Waals surface area contributed by atoms with E-state index in [4.69, 9.17) is 9.84 Å². The molecule has 0 fully saturated rings. The van der Waals surface area contributed by atoms with Crippen LogP contribution in [0.25, 0.3) is 0 Å². The van der Waals surface area contributed by atoms with E-state index < -0.39 is 18.2 Å². The Labute approximate surface area is 82.7 Å². The minimum absolute atomic E-state index is 0.341. The summed E-state index contributed by atoms with van der Waals surface area (Å²) in [5, 5.41) is 11.0. The van der Waals surface area contributed by atoms with Crippen molar-refractivity contribution in [2.24, 2.45) is 0 Å².